The maximum Gasteiger partial charge on any atom is 0.0817 e. The third-order valence-corrected chi connectivity index (χ3v) is 4.87. The van der Waals surface area contributed by atoms with Crippen LogP contribution in [0.2, 0.25) is 0 Å². The van der Waals surface area contributed by atoms with Crippen molar-refractivity contribution < 1.29 is 17.3 Å². The van der Waals surface area contributed by atoms with Crippen molar-refractivity contribution in [3.8, 4) is 0 Å². The van der Waals surface area contributed by atoms with E-state index in [4.69, 9.17) is 0 Å². The molecule has 0 amide bonds. The number of unbranched alkanes of at least 4 members (excludes halogenated alkanes) is 12. The number of nitrogens with one attached hydrogen (secondary N) is 1. The molecular formula is C20H44ClN. The molecule has 0 aromatic rings. The van der Waals surface area contributed by atoms with Crippen LogP contribution in [0.5, 0.6) is 0 Å². The van der Waals surface area contributed by atoms with E-state index in [9.17, 15) is 0 Å². The number of halogens is 1. The van der Waals surface area contributed by atoms with Crippen LogP contribution in [0.15, 0.2) is 0 Å². The average Bonchev–Trinajstić information content (AvgIpc) is 2.47. The van der Waals surface area contributed by atoms with Gasteiger partial charge in [0.15, 0.2) is 0 Å². The lowest BCUT2D eigenvalue weighted by Crippen LogP contribution is -3.14. The third-order valence-electron chi connectivity index (χ3n) is 4.87. The van der Waals surface area contributed by atoms with Crippen LogP contribution in [0.3, 0.4) is 0 Å². The molecule has 0 aromatic heterocycles. The maximum atomic E-state index is 2.35. The molecule has 0 rings (SSSR count). The van der Waals surface area contributed by atoms with E-state index in [1.165, 1.54) is 96.6 Å². The summed E-state index contributed by atoms with van der Waals surface area (Å²) in [7, 11) is 0. The quantitative estimate of drug-likeness (QED) is 0.414. The summed E-state index contributed by atoms with van der Waals surface area (Å²) in [5.41, 5.74) is 0. The topological polar surface area (TPSA) is 4.44 Å². The molecule has 0 fully saturated rings. The van der Waals surface area contributed by atoms with Gasteiger partial charge in [0.25, 0.3) is 0 Å². The van der Waals surface area contributed by atoms with Crippen LogP contribution in [-0.2, 0) is 0 Å². The molecule has 0 heterocycles. The second-order valence-corrected chi connectivity index (χ2v) is 7.16. The Kier molecular flexibility index (Phi) is 21.5. The Hall–Kier alpha value is 0.250. The summed E-state index contributed by atoms with van der Waals surface area (Å²) in [5, 5.41) is 0. The zero-order valence-corrected chi connectivity index (χ0v) is 16.8. The summed E-state index contributed by atoms with van der Waals surface area (Å²) in [4.78, 5) is 1.78. The fourth-order valence-electron chi connectivity index (χ4n) is 3.24. The zero-order chi connectivity index (χ0) is 15.8. The first-order valence-electron chi connectivity index (χ1n) is 10.1. The van der Waals surface area contributed by atoms with Gasteiger partial charge in [-0.2, -0.15) is 0 Å². The van der Waals surface area contributed by atoms with E-state index in [1.807, 2.05) is 0 Å². The van der Waals surface area contributed by atoms with Gasteiger partial charge in [-0.1, -0.05) is 77.6 Å². The minimum atomic E-state index is 0. The van der Waals surface area contributed by atoms with Crippen molar-refractivity contribution >= 4 is 0 Å². The SMILES string of the molecule is CCCCCCCCCCCCCCC[NH+](CC)C(C)C.[Cl-]. The van der Waals surface area contributed by atoms with Crippen LogP contribution < -0.4 is 17.3 Å². The Morgan fingerprint density at radius 2 is 0.955 bits per heavy atom. The standard InChI is InChI=1S/C20H43N.ClH/c1-5-7-8-9-10-11-12-13-14-15-16-17-18-19-21(6-2)20(3)4;/h20H,5-19H2,1-4H3;1H. The number of hydrogen-bond donors (Lipinski definition) is 1. The van der Waals surface area contributed by atoms with Crippen molar-refractivity contribution in [1.82, 2.24) is 0 Å². The van der Waals surface area contributed by atoms with Gasteiger partial charge in [-0.25, -0.2) is 0 Å². The molecule has 1 N–H and O–H groups in total. The molecule has 0 aliphatic rings. The second kappa shape index (κ2) is 19.3. The lowest BCUT2D eigenvalue weighted by atomic mass is 10.0. The smallest absolute Gasteiger partial charge is 0.0817 e. The Bertz CT molecular complexity index is 194. The van der Waals surface area contributed by atoms with Crippen LogP contribution in [0.4, 0.5) is 0 Å². The van der Waals surface area contributed by atoms with Crippen molar-refractivity contribution in [2.75, 3.05) is 13.1 Å². The van der Waals surface area contributed by atoms with Crippen molar-refractivity contribution in [2.24, 2.45) is 0 Å². The van der Waals surface area contributed by atoms with Gasteiger partial charge in [0, 0.05) is 0 Å². The van der Waals surface area contributed by atoms with Crippen LogP contribution in [0.25, 0.3) is 0 Å². The van der Waals surface area contributed by atoms with Gasteiger partial charge in [-0.05, 0) is 33.6 Å². The highest BCUT2D eigenvalue weighted by Crippen LogP contribution is 2.12. The number of rotatable bonds is 16. The van der Waals surface area contributed by atoms with Gasteiger partial charge >= 0.3 is 0 Å². The van der Waals surface area contributed by atoms with Gasteiger partial charge in [-0.3, -0.25) is 0 Å². The minimum Gasteiger partial charge on any atom is -1.00 e. The van der Waals surface area contributed by atoms with Crippen LogP contribution >= 0.6 is 0 Å². The van der Waals surface area contributed by atoms with Crippen LogP contribution in [-0.4, -0.2) is 19.1 Å². The fourth-order valence-corrected chi connectivity index (χ4v) is 3.24. The predicted molar refractivity (Wildman–Crippen MR) is 97.2 cm³/mol. The summed E-state index contributed by atoms with van der Waals surface area (Å²) in [6.07, 6.45) is 18.9. The number of quaternary nitrogens is 1. The van der Waals surface area contributed by atoms with Gasteiger partial charge in [0.1, 0.15) is 0 Å². The summed E-state index contributed by atoms with van der Waals surface area (Å²) in [6.45, 7) is 12.0. The van der Waals surface area contributed by atoms with Gasteiger partial charge in [-0.15, -0.1) is 0 Å². The largest absolute Gasteiger partial charge is 1.00 e. The van der Waals surface area contributed by atoms with E-state index < -0.39 is 0 Å². The highest BCUT2D eigenvalue weighted by atomic mass is 35.5. The maximum absolute atomic E-state index is 2.35. The van der Waals surface area contributed by atoms with Crippen LogP contribution in [0, 0.1) is 0 Å². The van der Waals surface area contributed by atoms with E-state index in [2.05, 4.69) is 27.7 Å². The molecule has 0 spiro atoms. The highest BCUT2D eigenvalue weighted by molar-refractivity contribution is 4.49. The first kappa shape index (κ1) is 24.5. The molecule has 2 heteroatoms. The van der Waals surface area contributed by atoms with Crippen molar-refractivity contribution in [2.45, 2.75) is 117 Å². The molecule has 0 aliphatic carbocycles. The average molecular weight is 334 g/mol. The summed E-state index contributed by atoms with van der Waals surface area (Å²) >= 11 is 0. The van der Waals surface area contributed by atoms with Crippen molar-refractivity contribution in [1.29, 1.82) is 0 Å². The lowest BCUT2D eigenvalue weighted by Gasteiger charge is -2.21. The molecule has 0 aliphatic heterocycles. The van der Waals surface area contributed by atoms with Crippen molar-refractivity contribution in [3.63, 3.8) is 0 Å². The monoisotopic (exact) mass is 333 g/mol. The van der Waals surface area contributed by atoms with Crippen molar-refractivity contribution in [3.05, 3.63) is 0 Å². The Morgan fingerprint density at radius 1 is 0.591 bits per heavy atom. The Morgan fingerprint density at radius 3 is 1.27 bits per heavy atom. The molecule has 22 heavy (non-hydrogen) atoms. The summed E-state index contributed by atoms with van der Waals surface area (Å²) in [6, 6.07) is 0.798. The molecule has 0 saturated heterocycles. The van der Waals surface area contributed by atoms with Gasteiger partial charge < -0.3 is 17.3 Å². The van der Waals surface area contributed by atoms with E-state index in [0.29, 0.717) is 0 Å². The van der Waals surface area contributed by atoms with Gasteiger partial charge in [0.05, 0.1) is 19.1 Å². The molecule has 136 valence electrons. The molecule has 0 saturated carbocycles. The Labute approximate surface area is 148 Å². The summed E-state index contributed by atoms with van der Waals surface area (Å²) in [5.74, 6) is 0. The molecule has 0 aromatic carbocycles. The summed E-state index contributed by atoms with van der Waals surface area (Å²) < 4.78 is 0. The van der Waals surface area contributed by atoms with Crippen LogP contribution in [0.1, 0.15) is 111 Å². The molecule has 0 radical (unpaired) electrons. The fraction of sp³-hybridized carbons (Fsp3) is 1.00. The predicted octanol–water partition coefficient (Wildman–Crippen LogP) is 2.39. The molecule has 1 unspecified atom stereocenters. The van der Waals surface area contributed by atoms with E-state index in [-0.39, 0.29) is 12.4 Å². The normalized spacial score (nSPS) is 12.4. The minimum absolute atomic E-state index is 0. The first-order chi connectivity index (χ1) is 10.2. The Balaban J connectivity index is 0. The van der Waals surface area contributed by atoms with E-state index >= 15 is 0 Å². The third kappa shape index (κ3) is 16.6. The van der Waals surface area contributed by atoms with E-state index in [1.54, 1.807) is 4.90 Å². The molecule has 1 atom stereocenters. The number of hydrogen-bond acceptors (Lipinski definition) is 0. The molecule has 0 bridgehead atoms. The van der Waals surface area contributed by atoms with E-state index in [0.717, 1.165) is 6.04 Å². The zero-order valence-electron chi connectivity index (χ0n) is 16.1. The second-order valence-electron chi connectivity index (χ2n) is 7.16. The van der Waals surface area contributed by atoms with Gasteiger partial charge in [0.2, 0.25) is 0 Å². The lowest BCUT2D eigenvalue weighted by molar-refractivity contribution is -0.920. The molecular weight excluding hydrogens is 290 g/mol. The first-order valence-corrected chi connectivity index (χ1v) is 10.1. The highest BCUT2D eigenvalue weighted by Gasteiger charge is 2.08. The molecule has 1 nitrogen and oxygen atoms in total.